The monoisotopic (exact) mass is 259 g/mol. The maximum Gasteiger partial charge on any atom is 0.329 e. The van der Waals surface area contributed by atoms with Crippen LogP contribution in [0.4, 0.5) is 0 Å². The third-order valence-corrected chi connectivity index (χ3v) is 4.39. The number of amides is 1. The second-order valence-electron chi connectivity index (χ2n) is 4.70. The first kappa shape index (κ1) is 14.4. The van der Waals surface area contributed by atoms with Gasteiger partial charge in [-0.2, -0.15) is 0 Å². The molecule has 0 bridgehead atoms. The lowest BCUT2D eigenvalue weighted by molar-refractivity contribution is -0.155. The van der Waals surface area contributed by atoms with Gasteiger partial charge in [-0.1, -0.05) is 20.8 Å². The molecule has 1 rings (SSSR count). The van der Waals surface area contributed by atoms with Gasteiger partial charge in [0.1, 0.15) is 5.54 Å². The largest absolute Gasteiger partial charge is 0.479 e. The molecule has 1 aliphatic heterocycles. The van der Waals surface area contributed by atoms with E-state index < -0.39 is 11.5 Å². The lowest BCUT2D eigenvalue weighted by Crippen LogP contribution is -2.53. The lowest BCUT2D eigenvalue weighted by atomic mass is 9.93. The summed E-state index contributed by atoms with van der Waals surface area (Å²) in [7, 11) is 0. The molecule has 1 saturated heterocycles. The first-order chi connectivity index (χ1) is 7.94. The van der Waals surface area contributed by atoms with E-state index in [2.05, 4.69) is 0 Å². The summed E-state index contributed by atoms with van der Waals surface area (Å²) in [6.07, 6.45) is 1.86. The van der Waals surface area contributed by atoms with Crippen LogP contribution in [0, 0.1) is 0 Å². The standard InChI is InChI=1S/C12H21NO3S/c1-4-12(11(15)16)6-5-7-13(12)10(14)8-17-9(2)3/h9H,4-8H2,1-3H3,(H,15,16). The van der Waals surface area contributed by atoms with Crippen LogP contribution in [0.2, 0.25) is 0 Å². The van der Waals surface area contributed by atoms with Crippen molar-refractivity contribution in [2.24, 2.45) is 0 Å². The van der Waals surface area contributed by atoms with Gasteiger partial charge in [0.2, 0.25) is 5.91 Å². The molecule has 0 aromatic heterocycles. The number of nitrogens with zero attached hydrogens (tertiary/aromatic N) is 1. The minimum atomic E-state index is -0.950. The van der Waals surface area contributed by atoms with Crippen molar-refractivity contribution < 1.29 is 14.7 Å². The van der Waals surface area contributed by atoms with Gasteiger partial charge >= 0.3 is 5.97 Å². The summed E-state index contributed by atoms with van der Waals surface area (Å²) < 4.78 is 0. The van der Waals surface area contributed by atoms with Crippen molar-refractivity contribution in [3.05, 3.63) is 0 Å². The minimum Gasteiger partial charge on any atom is -0.479 e. The van der Waals surface area contributed by atoms with Crippen molar-refractivity contribution in [1.82, 2.24) is 4.90 Å². The van der Waals surface area contributed by atoms with Gasteiger partial charge in [0.25, 0.3) is 0 Å². The van der Waals surface area contributed by atoms with Gasteiger partial charge in [0.15, 0.2) is 0 Å². The first-order valence-electron chi connectivity index (χ1n) is 6.09. The van der Waals surface area contributed by atoms with E-state index in [9.17, 15) is 14.7 Å². The fraction of sp³-hybridized carbons (Fsp3) is 0.833. The maximum atomic E-state index is 12.1. The molecule has 1 N–H and O–H groups in total. The average Bonchev–Trinajstić information content (AvgIpc) is 2.70. The third-order valence-electron chi connectivity index (χ3n) is 3.31. The van der Waals surface area contributed by atoms with Gasteiger partial charge in [-0.05, 0) is 24.5 Å². The van der Waals surface area contributed by atoms with E-state index in [1.165, 1.54) is 0 Å². The average molecular weight is 259 g/mol. The van der Waals surface area contributed by atoms with Crippen molar-refractivity contribution in [3.8, 4) is 0 Å². The molecule has 1 amide bonds. The number of aliphatic carboxylic acids is 1. The molecular formula is C12H21NO3S. The van der Waals surface area contributed by atoms with E-state index in [0.717, 1.165) is 6.42 Å². The third kappa shape index (κ3) is 2.94. The van der Waals surface area contributed by atoms with Crippen LogP contribution in [0.15, 0.2) is 0 Å². The Hall–Kier alpha value is -0.710. The zero-order valence-electron chi connectivity index (χ0n) is 10.7. The number of hydrogen-bond acceptors (Lipinski definition) is 3. The smallest absolute Gasteiger partial charge is 0.329 e. The van der Waals surface area contributed by atoms with Crippen molar-refractivity contribution in [3.63, 3.8) is 0 Å². The first-order valence-corrected chi connectivity index (χ1v) is 7.14. The number of likely N-dealkylation sites (tertiary alicyclic amines) is 1. The predicted molar refractivity (Wildman–Crippen MR) is 69.2 cm³/mol. The van der Waals surface area contributed by atoms with Gasteiger partial charge in [0, 0.05) is 6.54 Å². The van der Waals surface area contributed by atoms with E-state index in [-0.39, 0.29) is 5.91 Å². The lowest BCUT2D eigenvalue weighted by Gasteiger charge is -2.34. The molecule has 0 radical (unpaired) electrons. The Morgan fingerprint density at radius 1 is 1.47 bits per heavy atom. The van der Waals surface area contributed by atoms with E-state index in [4.69, 9.17) is 0 Å². The zero-order chi connectivity index (χ0) is 13.1. The molecular weight excluding hydrogens is 238 g/mol. The number of carbonyl (C=O) groups is 2. The van der Waals surface area contributed by atoms with Gasteiger partial charge in [0.05, 0.1) is 5.75 Å². The Balaban J connectivity index is 2.74. The van der Waals surface area contributed by atoms with Crippen LogP contribution in [0.25, 0.3) is 0 Å². The maximum absolute atomic E-state index is 12.1. The normalized spacial score (nSPS) is 24.4. The quantitative estimate of drug-likeness (QED) is 0.820. The molecule has 17 heavy (non-hydrogen) atoms. The van der Waals surface area contributed by atoms with Gasteiger partial charge in [-0.15, -0.1) is 11.8 Å². The predicted octanol–water partition coefficient (Wildman–Crippen LogP) is 1.98. The Kier molecular flexibility index (Phi) is 4.86. The Morgan fingerprint density at radius 2 is 2.12 bits per heavy atom. The van der Waals surface area contributed by atoms with Crippen LogP contribution in [0.1, 0.15) is 40.0 Å². The highest BCUT2D eigenvalue weighted by molar-refractivity contribution is 8.00. The summed E-state index contributed by atoms with van der Waals surface area (Å²) >= 11 is 1.57. The molecule has 0 spiro atoms. The van der Waals surface area contributed by atoms with Crippen molar-refractivity contribution in [1.29, 1.82) is 0 Å². The van der Waals surface area contributed by atoms with Gasteiger partial charge < -0.3 is 10.0 Å². The summed E-state index contributed by atoms with van der Waals surface area (Å²) in [5.41, 5.74) is -0.950. The van der Waals surface area contributed by atoms with Crippen molar-refractivity contribution >= 4 is 23.6 Å². The van der Waals surface area contributed by atoms with E-state index >= 15 is 0 Å². The Labute approximate surface area is 107 Å². The Bertz CT molecular complexity index is 306. The highest BCUT2D eigenvalue weighted by atomic mass is 32.2. The summed E-state index contributed by atoms with van der Waals surface area (Å²) in [6, 6.07) is 0. The number of rotatable bonds is 5. The molecule has 1 fully saturated rings. The molecule has 98 valence electrons. The van der Waals surface area contributed by atoms with Crippen LogP contribution in [-0.2, 0) is 9.59 Å². The molecule has 0 saturated carbocycles. The SMILES string of the molecule is CCC1(C(=O)O)CCCN1C(=O)CSC(C)C. The molecule has 1 unspecified atom stereocenters. The number of carbonyl (C=O) groups excluding carboxylic acids is 1. The van der Waals surface area contributed by atoms with Crippen LogP contribution in [0.3, 0.4) is 0 Å². The number of carboxylic acids is 1. The molecule has 4 nitrogen and oxygen atoms in total. The van der Waals surface area contributed by atoms with Crippen molar-refractivity contribution in [2.75, 3.05) is 12.3 Å². The van der Waals surface area contributed by atoms with Gasteiger partial charge in [-0.3, -0.25) is 4.79 Å². The van der Waals surface area contributed by atoms with E-state index in [1.54, 1.807) is 16.7 Å². The summed E-state index contributed by atoms with van der Waals surface area (Å²) in [6.45, 7) is 6.49. The number of thioether (sulfide) groups is 1. The molecule has 0 aromatic rings. The van der Waals surface area contributed by atoms with Crippen LogP contribution in [-0.4, -0.2) is 45.0 Å². The fourth-order valence-electron chi connectivity index (χ4n) is 2.30. The zero-order valence-corrected chi connectivity index (χ0v) is 11.5. The Morgan fingerprint density at radius 3 is 2.59 bits per heavy atom. The second kappa shape index (κ2) is 5.76. The summed E-state index contributed by atoms with van der Waals surface area (Å²) in [5, 5.41) is 9.75. The van der Waals surface area contributed by atoms with Crippen LogP contribution in [0.5, 0.6) is 0 Å². The second-order valence-corrected chi connectivity index (χ2v) is 6.26. The number of hydrogen-bond donors (Lipinski definition) is 1. The highest BCUT2D eigenvalue weighted by Crippen LogP contribution is 2.33. The highest BCUT2D eigenvalue weighted by Gasteiger charge is 2.48. The fourth-order valence-corrected chi connectivity index (χ4v) is 2.93. The van der Waals surface area contributed by atoms with Crippen LogP contribution >= 0.6 is 11.8 Å². The van der Waals surface area contributed by atoms with Crippen molar-refractivity contribution in [2.45, 2.75) is 50.8 Å². The van der Waals surface area contributed by atoms with Crippen LogP contribution < -0.4 is 0 Å². The van der Waals surface area contributed by atoms with Gasteiger partial charge in [-0.25, -0.2) is 4.79 Å². The summed E-state index contributed by atoms with van der Waals surface area (Å²) in [4.78, 5) is 25.1. The summed E-state index contributed by atoms with van der Waals surface area (Å²) in [5.74, 6) is -0.516. The van der Waals surface area contributed by atoms with E-state index in [1.807, 2.05) is 20.8 Å². The molecule has 1 aliphatic rings. The topological polar surface area (TPSA) is 57.6 Å². The molecule has 0 aliphatic carbocycles. The number of carboxylic acid groups (broad SMARTS) is 1. The molecule has 5 heteroatoms. The molecule has 1 heterocycles. The molecule has 0 aromatic carbocycles. The minimum absolute atomic E-state index is 0.0366. The molecule has 1 atom stereocenters. The van der Waals surface area contributed by atoms with E-state index in [0.29, 0.717) is 30.4 Å².